The number of rotatable bonds is 8. The van der Waals surface area contributed by atoms with Gasteiger partial charge < -0.3 is 20.1 Å². The molecule has 0 bridgehead atoms. The van der Waals surface area contributed by atoms with Crippen molar-refractivity contribution < 1.29 is 23.5 Å². The first-order valence-electron chi connectivity index (χ1n) is 11.5. The summed E-state index contributed by atoms with van der Waals surface area (Å²) >= 11 is 0. The summed E-state index contributed by atoms with van der Waals surface area (Å²) in [5.41, 5.74) is 6.68. The second-order valence-electron chi connectivity index (χ2n) is 8.37. The SMILES string of the molecule is N=C(N)CC(=O)OCc1cccc(-c2cnc(N3CCC(OC(=O)c4ccccc4)CC3)nc2)c1F. The largest absolute Gasteiger partial charge is 0.460 e. The van der Waals surface area contributed by atoms with Crippen LogP contribution in [0.25, 0.3) is 11.1 Å². The van der Waals surface area contributed by atoms with Gasteiger partial charge in [-0.1, -0.05) is 36.4 Å². The monoisotopic (exact) mass is 491 g/mol. The molecule has 0 aliphatic carbocycles. The van der Waals surface area contributed by atoms with Crippen LogP contribution in [0.4, 0.5) is 10.3 Å². The van der Waals surface area contributed by atoms with Gasteiger partial charge >= 0.3 is 11.9 Å². The molecule has 1 fully saturated rings. The third-order valence-corrected chi connectivity index (χ3v) is 5.76. The Morgan fingerprint density at radius 2 is 1.75 bits per heavy atom. The predicted molar refractivity (Wildman–Crippen MR) is 131 cm³/mol. The standard InChI is InChI=1S/C26H26FN5O4/c27-24-18(16-35-23(33)13-22(28)29)7-4-8-21(24)19-14-30-26(31-15-19)32-11-9-20(10-12-32)36-25(34)17-5-2-1-3-6-17/h1-8,14-15,20H,9-13,16H2,(H3,28,29). The number of anilines is 1. The van der Waals surface area contributed by atoms with E-state index in [1.165, 1.54) is 6.07 Å². The summed E-state index contributed by atoms with van der Waals surface area (Å²) in [5.74, 6) is -1.36. The van der Waals surface area contributed by atoms with Crippen LogP contribution < -0.4 is 10.6 Å². The van der Waals surface area contributed by atoms with E-state index < -0.39 is 11.8 Å². The van der Waals surface area contributed by atoms with Crippen molar-refractivity contribution >= 4 is 23.7 Å². The molecule has 3 aromatic rings. The van der Waals surface area contributed by atoms with E-state index in [2.05, 4.69) is 9.97 Å². The van der Waals surface area contributed by atoms with E-state index >= 15 is 4.39 Å². The second-order valence-corrected chi connectivity index (χ2v) is 8.37. The third-order valence-electron chi connectivity index (χ3n) is 5.76. The average molecular weight is 492 g/mol. The molecule has 10 heteroatoms. The molecule has 1 aliphatic rings. The van der Waals surface area contributed by atoms with E-state index in [1.807, 2.05) is 11.0 Å². The highest BCUT2D eigenvalue weighted by atomic mass is 19.1. The number of aromatic nitrogens is 2. The Balaban J connectivity index is 1.34. The minimum atomic E-state index is -0.696. The van der Waals surface area contributed by atoms with Crippen molar-refractivity contribution in [1.82, 2.24) is 9.97 Å². The van der Waals surface area contributed by atoms with Gasteiger partial charge in [0.05, 0.1) is 5.56 Å². The van der Waals surface area contributed by atoms with E-state index in [4.69, 9.17) is 20.6 Å². The number of nitrogens with one attached hydrogen (secondary N) is 1. The van der Waals surface area contributed by atoms with Crippen LogP contribution in [0.3, 0.4) is 0 Å². The van der Waals surface area contributed by atoms with Gasteiger partial charge in [-0.3, -0.25) is 10.2 Å². The Morgan fingerprint density at radius 3 is 2.42 bits per heavy atom. The Hall–Kier alpha value is -4.34. The van der Waals surface area contributed by atoms with Crippen LogP contribution in [0, 0.1) is 11.2 Å². The third kappa shape index (κ3) is 6.21. The predicted octanol–water partition coefficient (Wildman–Crippen LogP) is 3.48. The number of amidine groups is 1. The first-order valence-corrected chi connectivity index (χ1v) is 11.5. The molecule has 0 atom stereocenters. The number of carbonyl (C=O) groups excluding carboxylic acids is 2. The maximum absolute atomic E-state index is 15.0. The summed E-state index contributed by atoms with van der Waals surface area (Å²) in [5, 5.41) is 7.12. The van der Waals surface area contributed by atoms with Gasteiger partial charge in [-0.05, 0) is 12.1 Å². The number of nitrogens with two attached hydrogens (primary N) is 1. The Kier molecular flexibility index (Phi) is 7.84. The van der Waals surface area contributed by atoms with Gasteiger partial charge in [0, 0.05) is 55.0 Å². The summed E-state index contributed by atoms with van der Waals surface area (Å²) in [7, 11) is 0. The molecule has 4 rings (SSSR count). The molecule has 0 amide bonds. The van der Waals surface area contributed by atoms with Crippen molar-refractivity contribution in [3.8, 4) is 11.1 Å². The smallest absolute Gasteiger partial charge is 0.338 e. The highest BCUT2D eigenvalue weighted by Gasteiger charge is 2.24. The highest BCUT2D eigenvalue weighted by molar-refractivity contribution is 5.94. The fraction of sp³-hybridized carbons (Fsp3) is 0.269. The number of carbonyl (C=O) groups is 2. The molecule has 9 nitrogen and oxygen atoms in total. The van der Waals surface area contributed by atoms with Crippen molar-refractivity contribution in [2.45, 2.75) is 32.0 Å². The number of halogens is 1. The Labute approximate surface area is 207 Å². The maximum Gasteiger partial charge on any atom is 0.338 e. The second kappa shape index (κ2) is 11.4. The van der Waals surface area contributed by atoms with Crippen LogP contribution in [-0.2, 0) is 20.9 Å². The normalized spacial score (nSPS) is 13.8. The number of piperidine rings is 1. The topological polar surface area (TPSA) is 131 Å². The van der Waals surface area contributed by atoms with Crippen molar-refractivity contribution in [3.05, 3.63) is 77.9 Å². The molecule has 0 radical (unpaired) electrons. The van der Waals surface area contributed by atoms with Gasteiger partial charge in [0.25, 0.3) is 0 Å². The first-order chi connectivity index (χ1) is 17.4. The molecule has 0 saturated carbocycles. The molecule has 1 aliphatic heterocycles. The van der Waals surface area contributed by atoms with Gasteiger partial charge in [0.15, 0.2) is 0 Å². The lowest BCUT2D eigenvalue weighted by atomic mass is 10.0. The quantitative estimate of drug-likeness (QED) is 0.278. The molecular formula is C26H26FN5O4. The lowest BCUT2D eigenvalue weighted by molar-refractivity contribution is -0.143. The molecule has 2 heterocycles. The average Bonchev–Trinajstić information content (AvgIpc) is 2.89. The number of nitrogens with zero attached hydrogens (tertiary/aromatic N) is 3. The number of ether oxygens (including phenoxy) is 2. The highest BCUT2D eigenvalue weighted by Crippen LogP contribution is 2.26. The molecule has 36 heavy (non-hydrogen) atoms. The zero-order valence-electron chi connectivity index (χ0n) is 19.5. The summed E-state index contributed by atoms with van der Waals surface area (Å²) < 4.78 is 25.6. The maximum atomic E-state index is 15.0. The molecule has 3 N–H and O–H groups in total. The van der Waals surface area contributed by atoms with Crippen molar-refractivity contribution in [2.24, 2.45) is 5.73 Å². The molecule has 1 aromatic heterocycles. The van der Waals surface area contributed by atoms with Crippen LogP contribution >= 0.6 is 0 Å². The van der Waals surface area contributed by atoms with Crippen molar-refractivity contribution in [3.63, 3.8) is 0 Å². The lowest BCUT2D eigenvalue weighted by Gasteiger charge is -2.31. The van der Waals surface area contributed by atoms with Crippen LogP contribution in [0.15, 0.2) is 60.9 Å². The van der Waals surface area contributed by atoms with Crippen LogP contribution in [0.2, 0.25) is 0 Å². The van der Waals surface area contributed by atoms with E-state index in [0.29, 0.717) is 43.0 Å². The number of hydrogen-bond donors (Lipinski definition) is 2. The van der Waals surface area contributed by atoms with Crippen molar-refractivity contribution in [1.29, 1.82) is 5.41 Å². The number of hydrogen-bond acceptors (Lipinski definition) is 8. The fourth-order valence-corrected chi connectivity index (χ4v) is 3.87. The summed E-state index contributed by atoms with van der Waals surface area (Å²) in [6, 6.07) is 13.7. The Bertz CT molecular complexity index is 1230. The summed E-state index contributed by atoms with van der Waals surface area (Å²) in [6.07, 6.45) is 3.89. The van der Waals surface area contributed by atoms with E-state index in [0.717, 1.165) is 0 Å². The van der Waals surface area contributed by atoms with Gasteiger partial charge in [0.2, 0.25) is 5.95 Å². The molecule has 2 aromatic carbocycles. The van der Waals surface area contributed by atoms with Gasteiger partial charge in [-0.25, -0.2) is 19.2 Å². The van der Waals surface area contributed by atoms with Crippen LogP contribution in [0.1, 0.15) is 35.2 Å². The summed E-state index contributed by atoms with van der Waals surface area (Å²) in [6.45, 7) is 0.984. The van der Waals surface area contributed by atoms with E-state index in [9.17, 15) is 9.59 Å². The zero-order valence-corrected chi connectivity index (χ0v) is 19.5. The number of benzene rings is 2. The minimum Gasteiger partial charge on any atom is -0.460 e. The first kappa shape index (κ1) is 24.8. The lowest BCUT2D eigenvalue weighted by Crippen LogP contribution is -2.38. The molecular weight excluding hydrogens is 465 g/mol. The van der Waals surface area contributed by atoms with Gasteiger partial charge in [0.1, 0.15) is 30.8 Å². The van der Waals surface area contributed by atoms with Gasteiger partial charge in [-0.2, -0.15) is 0 Å². The zero-order chi connectivity index (χ0) is 25.5. The van der Waals surface area contributed by atoms with E-state index in [1.54, 1.807) is 48.8 Å². The van der Waals surface area contributed by atoms with Crippen LogP contribution in [-0.4, -0.2) is 46.9 Å². The molecule has 0 unspecified atom stereocenters. The van der Waals surface area contributed by atoms with Crippen molar-refractivity contribution in [2.75, 3.05) is 18.0 Å². The fourth-order valence-electron chi connectivity index (χ4n) is 3.87. The van der Waals surface area contributed by atoms with E-state index in [-0.39, 0.29) is 42.1 Å². The molecule has 1 saturated heterocycles. The molecule has 186 valence electrons. The van der Waals surface area contributed by atoms with Gasteiger partial charge in [-0.15, -0.1) is 0 Å². The Morgan fingerprint density at radius 1 is 1.06 bits per heavy atom. The molecule has 0 spiro atoms. The number of esters is 2. The summed E-state index contributed by atoms with van der Waals surface area (Å²) in [4.78, 5) is 34.7. The minimum absolute atomic E-state index is 0.172. The van der Waals surface area contributed by atoms with Crippen LogP contribution in [0.5, 0.6) is 0 Å².